The maximum absolute atomic E-state index is 11.7. The van der Waals surface area contributed by atoms with E-state index in [1.165, 1.54) is 0 Å². The van der Waals surface area contributed by atoms with Crippen LogP contribution in [0.5, 0.6) is 0 Å². The van der Waals surface area contributed by atoms with E-state index in [0.29, 0.717) is 19.0 Å². The lowest BCUT2D eigenvalue weighted by atomic mass is 10.2. The Hall–Kier alpha value is -1.89. The summed E-state index contributed by atoms with van der Waals surface area (Å²) in [6, 6.07) is 0. The van der Waals surface area contributed by atoms with E-state index in [2.05, 4.69) is 32.8 Å². The SMILES string of the molecule is CCCc1nc(NC)c(C)c(NCC(=O)NCCOC)n1. The molecule has 0 spiro atoms. The first-order valence-corrected chi connectivity index (χ1v) is 7.17. The first-order valence-electron chi connectivity index (χ1n) is 7.17. The number of aromatic nitrogens is 2. The second kappa shape index (κ2) is 9.12. The van der Waals surface area contributed by atoms with Gasteiger partial charge in [0.25, 0.3) is 0 Å². The van der Waals surface area contributed by atoms with E-state index in [1.807, 2.05) is 14.0 Å². The summed E-state index contributed by atoms with van der Waals surface area (Å²) in [6.45, 7) is 5.19. The molecule has 0 saturated heterocycles. The molecule has 0 aliphatic carbocycles. The molecule has 0 unspecified atom stereocenters. The van der Waals surface area contributed by atoms with Crippen LogP contribution in [0.2, 0.25) is 0 Å². The summed E-state index contributed by atoms with van der Waals surface area (Å²) in [4.78, 5) is 20.6. The van der Waals surface area contributed by atoms with Gasteiger partial charge in [0.15, 0.2) is 0 Å². The number of carbonyl (C=O) groups excluding carboxylic acids is 1. The molecule has 3 N–H and O–H groups in total. The van der Waals surface area contributed by atoms with Gasteiger partial charge in [0.1, 0.15) is 17.5 Å². The Kier molecular flexibility index (Phi) is 7.45. The van der Waals surface area contributed by atoms with E-state index in [9.17, 15) is 4.79 Å². The highest BCUT2D eigenvalue weighted by Gasteiger charge is 2.10. The molecule has 0 fully saturated rings. The van der Waals surface area contributed by atoms with E-state index in [1.54, 1.807) is 7.11 Å². The molecule has 1 aromatic rings. The summed E-state index contributed by atoms with van der Waals surface area (Å²) in [6.07, 6.45) is 1.78. The monoisotopic (exact) mass is 295 g/mol. The molecular formula is C14H25N5O2. The summed E-state index contributed by atoms with van der Waals surface area (Å²) < 4.78 is 4.88. The van der Waals surface area contributed by atoms with Crippen LogP contribution < -0.4 is 16.0 Å². The summed E-state index contributed by atoms with van der Waals surface area (Å²) in [7, 11) is 3.43. The average Bonchev–Trinajstić information content (AvgIpc) is 2.48. The number of anilines is 2. The molecule has 21 heavy (non-hydrogen) atoms. The fourth-order valence-electron chi connectivity index (χ4n) is 1.83. The molecule has 1 rings (SSSR count). The molecule has 0 atom stereocenters. The highest BCUT2D eigenvalue weighted by atomic mass is 16.5. The molecule has 0 radical (unpaired) electrons. The second-order valence-electron chi connectivity index (χ2n) is 4.66. The number of aryl methyl sites for hydroxylation is 1. The van der Waals surface area contributed by atoms with Crippen molar-refractivity contribution in [3.63, 3.8) is 0 Å². The van der Waals surface area contributed by atoms with Gasteiger partial charge >= 0.3 is 0 Å². The third-order valence-corrected chi connectivity index (χ3v) is 2.95. The lowest BCUT2D eigenvalue weighted by molar-refractivity contribution is -0.119. The Morgan fingerprint density at radius 3 is 2.62 bits per heavy atom. The standard InChI is InChI=1S/C14H25N5O2/c1-5-6-11-18-13(15-3)10(2)14(19-11)17-9-12(20)16-7-8-21-4/h5-9H2,1-4H3,(H,16,20)(H2,15,17,18,19). The predicted octanol–water partition coefficient (Wildman–Crippen LogP) is 0.954. The van der Waals surface area contributed by atoms with Crippen molar-refractivity contribution in [1.82, 2.24) is 15.3 Å². The van der Waals surface area contributed by atoms with Crippen LogP contribution in [-0.2, 0) is 16.0 Å². The van der Waals surface area contributed by atoms with Crippen LogP contribution in [0.15, 0.2) is 0 Å². The smallest absolute Gasteiger partial charge is 0.239 e. The molecule has 0 bridgehead atoms. The zero-order valence-corrected chi connectivity index (χ0v) is 13.2. The Balaban J connectivity index is 2.68. The van der Waals surface area contributed by atoms with Crippen molar-refractivity contribution in [3.8, 4) is 0 Å². The zero-order chi connectivity index (χ0) is 15.7. The summed E-state index contributed by atoms with van der Waals surface area (Å²) >= 11 is 0. The normalized spacial score (nSPS) is 10.3. The highest BCUT2D eigenvalue weighted by molar-refractivity contribution is 5.80. The lowest BCUT2D eigenvalue weighted by Gasteiger charge is -2.13. The van der Waals surface area contributed by atoms with E-state index in [4.69, 9.17) is 4.74 Å². The first-order chi connectivity index (χ1) is 10.1. The van der Waals surface area contributed by atoms with Crippen LogP contribution >= 0.6 is 0 Å². The number of nitrogens with one attached hydrogen (secondary N) is 3. The molecule has 0 saturated carbocycles. The number of ether oxygens (including phenoxy) is 1. The number of nitrogens with zero attached hydrogens (tertiary/aromatic N) is 2. The topological polar surface area (TPSA) is 88.2 Å². The van der Waals surface area contributed by atoms with Crippen LogP contribution in [0, 0.1) is 6.92 Å². The largest absolute Gasteiger partial charge is 0.383 e. The second-order valence-corrected chi connectivity index (χ2v) is 4.66. The highest BCUT2D eigenvalue weighted by Crippen LogP contribution is 2.19. The van der Waals surface area contributed by atoms with Gasteiger partial charge in [0.05, 0.1) is 13.2 Å². The molecule has 1 aromatic heterocycles. The van der Waals surface area contributed by atoms with Crippen molar-refractivity contribution in [1.29, 1.82) is 0 Å². The molecule has 7 heteroatoms. The molecule has 1 heterocycles. The Morgan fingerprint density at radius 2 is 2.00 bits per heavy atom. The first kappa shape index (κ1) is 17.2. The molecule has 0 aromatic carbocycles. The third-order valence-electron chi connectivity index (χ3n) is 2.95. The Labute approximate surface area is 125 Å². The minimum absolute atomic E-state index is 0.0897. The van der Waals surface area contributed by atoms with Crippen LogP contribution in [0.4, 0.5) is 11.6 Å². The molecule has 1 amide bonds. The summed E-state index contributed by atoms with van der Waals surface area (Å²) in [5, 5.41) is 8.88. The number of hydrogen-bond acceptors (Lipinski definition) is 6. The van der Waals surface area contributed by atoms with E-state index >= 15 is 0 Å². The Morgan fingerprint density at radius 1 is 1.29 bits per heavy atom. The van der Waals surface area contributed by atoms with Gasteiger partial charge in [-0.15, -0.1) is 0 Å². The van der Waals surface area contributed by atoms with E-state index in [-0.39, 0.29) is 12.5 Å². The maximum Gasteiger partial charge on any atom is 0.239 e. The van der Waals surface area contributed by atoms with Crippen LogP contribution in [0.3, 0.4) is 0 Å². The zero-order valence-electron chi connectivity index (χ0n) is 13.2. The van der Waals surface area contributed by atoms with Crippen LogP contribution in [0.1, 0.15) is 24.7 Å². The number of hydrogen-bond donors (Lipinski definition) is 3. The average molecular weight is 295 g/mol. The van der Waals surface area contributed by atoms with Gasteiger partial charge in [-0.1, -0.05) is 6.92 Å². The molecule has 118 valence electrons. The van der Waals surface area contributed by atoms with Gasteiger partial charge in [0, 0.05) is 32.7 Å². The van der Waals surface area contributed by atoms with Crippen molar-refractivity contribution in [2.24, 2.45) is 0 Å². The van der Waals surface area contributed by atoms with Crippen molar-refractivity contribution < 1.29 is 9.53 Å². The van der Waals surface area contributed by atoms with Gasteiger partial charge in [-0.2, -0.15) is 0 Å². The molecule has 0 aliphatic rings. The quantitative estimate of drug-likeness (QED) is 0.588. The number of carbonyl (C=O) groups is 1. The maximum atomic E-state index is 11.7. The summed E-state index contributed by atoms with van der Waals surface area (Å²) in [5.41, 5.74) is 0.905. The van der Waals surface area contributed by atoms with Gasteiger partial charge in [0.2, 0.25) is 5.91 Å². The lowest BCUT2D eigenvalue weighted by Crippen LogP contribution is -2.32. The predicted molar refractivity (Wildman–Crippen MR) is 83.7 cm³/mol. The van der Waals surface area contributed by atoms with Crippen molar-refractivity contribution >= 4 is 17.5 Å². The van der Waals surface area contributed by atoms with Crippen molar-refractivity contribution in [3.05, 3.63) is 11.4 Å². The number of methoxy groups -OCH3 is 1. The van der Waals surface area contributed by atoms with Crippen LogP contribution in [-0.4, -0.2) is 49.7 Å². The van der Waals surface area contributed by atoms with Gasteiger partial charge in [-0.05, 0) is 13.3 Å². The molecular weight excluding hydrogens is 270 g/mol. The van der Waals surface area contributed by atoms with Crippen LogP contribution in [0.25, 0.3) is 0 Å². The molecule has 0 aliphatic heterocycles. The fourth-order valence-corrected chi connectivity index (χ4v) is 1.83. The van der Waals surface area contributed by atoms with Gasteiger partial charge < -0.3 is 20.7 Å². The minimum Gasteiger partial charge on any atom is -0.383 e. The fraction of sp³-hybridized carbons (Fsp3) is 0.643. The minimum atomic E-state index is -0.0897. The van der Waals surface area contributed by atoms with Crippen molar-refractivity contribution in [2.75, 3.05) is 44.5 Å². The number of amides is 1. The van der Waals surface area contributed by atoms with E-state index < -0.39 is 0 Å². The van der Waals surface area contributed by atoms with Gasteiger partial charge in [-0.25, -0.2) is 9.97 Å². The van der Waals surface area contributed by atoms with Crippen molar-refractivity contribution in [2.45, 2.75) is 26.7 Å². The number of rotatable bonds is 9. The summed E-state index contributed by atoms with van der Waals surface area (Å²) in [5.74, 6) is 2.17. The molecule has 7 nitrogen and oxygen atoms in total. The Bertz CT molecular complexity index is 465. The third kappa shape index (κ3) is 5.55. The van der Waals surface area contributed by atoms with Gasteiger partial charge in [-0.3, -0.25) is 4.79 Å². The van der Waals surface area contributed by atoms with E-state index in [0.717, 1.165) is 30.0 Å².